The first-order valence-corrected chi connectivity index (χ1v) is 9.21. The molecule has 1 saturated heterocycles. The summed E-state index contributed by atoms with van der Waals surface area (Å²) in [5.41, 5.74) is 2.32. The molecule has 0 saturated carbocycles. The molecule has 3 rings (SSSR count). The maximum atomic E-state index is 12.5. The van der Waals surface area contributed by atoms with Crippen LogP contribution in [0.1, 0.15) is 19.8 Å². The van der Waals surface area contributed by atoms with Crippen molar-refractivity contribution in [2.75, 3.05) is 36.3 Å². The van der Waals surface area contributed by atoms with Gasteiger partial charge in [-0.05, 0) is 49.7 Å². The molecule has 1 heterocycles. The number of hydrogen-bond donors (Lipinski definition) is 2. The zero-order chi connectivity index (χ0) is 20.1. The molecule has 2 aromatic rings. The molecule has 2 amide bonds. The molecule has 2 N–H and O–H groups in total. The number of carbonyl (C=O) groups excluding carboxylic acids is 2. The third kappa shape index (κ3) is 4.36. The van der Waals surface area contributed by atoms with Gasteiger partial charge in [-0.1, -0.05) is 0 Å². The first-order chi connectivity index (χ1) is 13.5. The van der Waals surface area contributed by atoms with Crippen molar-refractivity contribution >= 4 is 28.9 Å². The Labute approximate surface area is 164 Å². The van der Waals surface area contributed by atoms with Gasteiger partial charge in [0.1, 0.15) is 6.04 Å². The Hall–Kier alpha value is -3.22. The third-order valence-corrected chi connectivity index (χ3v) is 4.68. The Bertz CT molecular complexity index is 851. The number of nitrogens with zero attached hydrogens (tertiary/aromatic N) is 1. The van der Waals surface area contributed by atoms with E-state index < -0.39 is 6.04 Å². The van der Waals surface area contributed by atoms with Crippen LogP contribution in [0.5, 0.6) is 11.5 Å². The summed E-state index contributed by atoms with van der Waals surface area (Å²) in [4.78, 5) is 26.1. The van der Waals surface area contributed by atoms with Gasteiger partial charge in [-0.2, -0.15) is 0 Å². The lowest BCUT2D eigenvalue weighted by molar-refractivity contribution is -0.117. The summed E-state index contributed by atoms with van der Waals surface area (Å²) in [7, 11) is 3.11. The topological polar surface area (TPSA) is 79.9 Å². The van der Waals surface area contributed by atoms with Crippen molar-refractivity contribution in [1.29, 1.82) is 0 Å². The van der Waals surface area contributed by atoms with E-state index in [4.69, 9.17) is 9.47 Å². The number of hydrogen-bond acceptors (Lipinski definition) is 5. The summed E-state index contributed by atoms with van der Waals surface area (Å²) in [5.74, 6) is 1.13. The van der Waals surface area contributed by atoms with Gasteiger partial charge >= 0.3 is 0 Å². The van der Waals surface area contributed by atoms with E-state index in [1.165, 1.54) is 0 Å². The first-order valence-electron chi connectivity index (χ1n) is 9.21. The van der Waals surface area contributed by atoms with Crippen molar-refractivity contribution in [1.82, 2.24) is 0 Å². The van der Waals surface area contributed by atoms with E-state index in [0.29, 0.717) is 23.6 Å². The van der Waals surface area contributed by atoms with E-state index in [2.05, 4.69) is 10.6 Å². The highest BCUT2D eigenvalue weighted by Gasteiger charge is 2.21. The third-order valence-electron chi connectivity index (χ3n) is 4.68. The summed E-state index contributed by atoms with van der Waals surface area (Å²) < 4.78 is 10.5. The van der Waals surface area contributed by atoms with E-state index in [1.807, 2.05) is 24.3 Å². The smallest absolute Gasteiger partial charge is 0.246 e. The van der Waals surface area contributed by atoms with Crippen molar-refractivity contribution in [2.45, 2.75) is 25.8 Å². The summed E-state index contributed by atoms with van der Waals surface area (Å²) in [6.45, 7) is 2.55. The standard InChI is InChI=1S/C21H25N3O4/c1-14(21(26)23-16-8-11-18(27-2)19(13-16)28-3)22-15-6-9-17(10-7-15)24-12-4-5-20(24)25/h6-11,13-14,22H,4-5,12H2,1-3H3,(H,23,26). The number of ether oxygens (including phenoxy) is 2. The maximum absolute atomic E-state index is 12.5. The molecule has 0 spiro atoms. The Morgan fingerprint density at radius 1 is 1.04 bits per heavy atom. The lowest BCUT2D eigenvalue weighted by atomic mass is 10.2. The van der Waals surface area contributed by atoms with Crippen molar-refractivity contribution in [3.8, 4) is 11.5 Å². The maximum Gasteiger partial charge on any atom is 0.246 e. The summed E-state index contributed by atoms with van der Waals surface area (Å²) in [6.07, 6.45) is 1.50. The van der Waals surface area contributed by atoms with E-state index in [9.17, 15) is 9.59 Å². The van der Waals surface area contributed by atoms with Crippen LogP contribution in [0.25, 0.3) is 0 Å². The Balaban J connectivity index is 1.60. The average molecular weight is 383 g/mol. The van der Waals surface area contributed by atoms with Gasteiger partial charge in [-0.25, -0.2) is 0 Å². The van der Waals surface area contributed by atoms with Crippen LogP contribution in [0.3, 0.4) is 0 Å². The van der Waals surface area contributed by atoms with Crippen LogP contribution in [-0.2, 0) is 9.59 Å². The zero-order valence-corrected chi connectivity index (χ0v) is 16.3. The van der Waals surface area contributed by atoms with E-state index in [1.54, 1.807) is 44.2 Å². The summed E-state index contributed by atoms with van der Waals surface area (Å²) in [5, 5.41) is 6.03. The summed E-state index contributed by atoms with van der Waals surface area (Å²) >= 11 is 0. The predicted octanol–water partition coefficient (Wildman–Crippen LogP) is 3.27. The molecule has 148 valence electrons. The number of methoxy groups -OCH3 is 2. The molecule has 0 aliphatic carbocycles. The Morgan fingerprint density at radius 3 is 2.32 bits per heavy atom. The molecule has 1 unspecified atom stereocenters. The number of rotatable bonds is 7. The van der Waals surface area contributed by atoms with E-state index >= 15 is 0 Å². The van der Waals surface area contributed by atoms with Crippen LogP contribution in [-0.4, -0.2) is 38.6 Å². The van der Waals surface area contributed by atoms with Crippen molar-refractivity contribution < 1.29 is 19.1 Å². The van der Waals surface area contributed by atoms with Crippen molar-refractivity contribution in [3.63, 3.8) is 0 Å². The molecule has 1 atom stereocenters. The highest BCUT2D eigenvalue weighted by atomic mass is 16.5. The Morgan fingerprint density at radius 2 is 1.71 bits per heavy atom. The van der Waals surface area contributed by atoms with Gasteiger partial charge in [0, 0.05) is 36.1 Å². The minimum absolute atomic E-state index is 0.156. The number of nitrogens with one attached hydrogen (secondary N) is 2. The lowest BCUT2D eigenvalue weighted by Gasteiger charge is -2.18. The van der Waals surface area contributed by atoms with Gasteiger partial charge in [0.15, 0.2) is 11.5 Å². The predicted molar refractivity (Wildman–Crippen MR) is 109 cm³/mol. The summed E-state index contributed by atoms with van der Waals surface area (Å²) in [6, 6.07) is 12.3. The molecule has 2 aromatic carbocycles. The first kappa shape index (κ1) is 19.5. The molecule has 0 bridgehead atoms. The second kappa shape index (κ2) is 8.65. The largest absolute Gasteiger partial charge is 0.493 e. The van der Waals surface area contributed by atoms with E-state index in [0.717, 1.165) is 24.3 Å². The van der Waals surface area contributed by atoms with Gasteiger partial charge < -0.3 is 25.0 Å². The van der Waals surface area contributed by atoms with Crippen LogP contribution in [0.4, 0.5) is 17.1 Å². The van der Waals surface area contributed by atoms with Gasteiger partial charge in [0.25, 0.3) is 0 Å². The normalized spacial score (nSPS) is 14.5. The van der Waals surface area contributed by atoms with Gasteiger partial charge in [0.05, 0.1) is 14.2 Å². The van der Waals surface area contributed by atoms with Crippen molar-refractivity contribution in [2.24, 2.45) is 0 Å². The number of amides is 2. The van der Waals surface area contributed by atoms with Gasteiger partial charge in [-0.3, -0.25) is 9.59 Å². The highest BCUT2D eigenvalue weighted by Crippen LogP contribution is 2.30. The van der Waals surface area contributed by atoms with Crippen LogP contribution in [0.15, 0.2) is 42.5 Å². The molecule has 7 nitrogen and oxygen atoms in total. The molecule has 28 heavy (non-hydrogen) atoms. The van der Waals surface area contributed by atoms with Crippen LogP contribution >= 0.6 is 0 Å². The fraction of sp³-hybridized carbons (Fsp3) is 0.333. The molecule has 7 heteroatoms. The van der Waals surface area contributed by atoms with Crippen LogP contribution < -0.4 is 25.0 Å². The van der Waals surface area contributed by atoms with Gasteiger partial charge in [-0.15, -0.1) is 0 Å². The second-order valence-electron chi connectivity index (χ2n) is 6.62. The Kier molecular flexibility index (Phi) is 6.03. The van der Waals surface area contributed by atoms with Crippen LogP contribution in [0, 0.1) is 0 Å². The lowest BCUT2D eigenvalue weighted by Crippen LogP contribution is -2.31. The number of benzene rings is 2. The highest BCUT2D eigenvalue weighted by molar-refractivity contribution is 5.97. The SMILES string of the molecule is COc1ccc(NC(=O)C(C)Nc2ccc(N3CCCC3=O)cc2)cc1OC. The van der Waals surface area contributed by atoms with Crippen molar-refractivity contribution in [3.05, 3.63) is 42.5 Å². The number of carbonyl (C=O) groups is 2. The van der Waals surface area contributed by atoms with Gasteiger partial charge in [0.2, 0.25) is 11.8 Å². The molecule has 1 aliphatic rings. The minimum atomic E-state index is -0.452. The van der Waals surface area contributed by atoms with E-state index in [-0.39, 0.29) is 11.8 Å². The molecule has 1 aliphatic heterocycles. The molecular formula is C21H25N3O4. The number of anilines is 3. The molecular weight excluding hydrogens is 358 g/mol. The average Bonchev–Trinajstić information content (AvgIpc) is 3.14. The zero-order valence-electron chi connectivity index (χ0n) is 16.3. The minimum Gasteiger partial charge on any atom is -0.493 e. The fourth-order valence-corrected chi connectivity index (χ4v) is 3.14. The second-order valence-corrected chi connectivity index (χ2v) is 6.62. The quantitative estimate of drug-likeness (QED) is 0.767. The van der Waals surface area contributed by atoms with Crippen LogP contribution in [0.2, 0.25) is 0 Å². The molecule has 1 fully saturated rings. The molecule has 0 radical (unpaired) electrons. The molecule has 0 aromatic heterocycles. The monoisotopic (exact) mass is 383 g/mol. The fourth-order valence-electron chi connectivity index (χ4n) is 3.14.